The van der Waals surface area contributed by atoms with Gasteiger partial charge in [-0.2, -0.15) is 0 Å². The van der Waals surface area contributed by atoms with E-state index in [0.717, 1.165) is 49.1 Å². The summed E-state index contributed by atoms with van der Waals surface area (Å²) in [5, 5.41) is 4.54. The fraction of sp³-hybridized carbons (Fsp3) is 0.762. The van der Waals surface area contributed by atoms with Crippen LogP contribution in [0.1, 0.15) is 56.1 Å². The number of hydrogen-bond acceptors (Lipinski definition) is 5. The molecule has 1 aliphatic rings. The Labute approximate surface area is 179 Å². The van der Waals surface area contributed by atoms with Crippen molar-refractivity contribution in [3.05, 3.63) is 15.6 Å². The number of guanidine groups is 1. The average molecular weight is 424 g/mol. The van der Waals surface area contributed by atoms with Gasteiger partial charge < -0.3 is 19.9 Å². The largest absolute Gasteiger partial charge is 0.444 e. The van der Waals surface area contributed by atoms with Gasteiger partial charge in [0, 0.05) is 38.1 Å². The molecule has 0 unspecified atom stereocenters. The Morgan fingerprint density at radius 2 is 2.00 bits per heavy atom. The second-order valence-corrected chi connectivity index (χ2v) is 9.89. The minimum atomic E-state index is -0.458. The van der Waals surface area contributed by atoms with Crippen LogP contribution in [-0.2, 0) is 11.3 Å². The smallest absolute Gasteiger partial charge is 0.410 e. The first-order valence-electron chi connectivity index (χ1n) is 10.5. The topological polar surface area (TPSA) is 70.1 Å². The molecule has 1 N–H and O–H groups in total. The number of piperidine rings is 1. The third-order valence-electron chi connectivity index (χ3n) is 5.11. The summed E-state index contributed by atoms with van der Waals surface area (Å²) < 4.78 is 5.54. The molecule has 8 heteroatoms. The van der Waals surface area contributed by atoms with Gasteiger partial charge >= 0.3 is 6.09 Å². The predicted octanol–water partition coefficient (Wildman–Crippen LogP) is 3.80. The second kappa shape index (κ2) is 10.3. The van der Waals surface area contributed by atoms with Gasteiger partial charge in [-0.1, -0.05) is 0 Å². The predicted molar refractivity (Wildman–Crippen MR) is 120 cm³/mol. The third-order valence-corrected chi connectivity index (χ3v) is 6.18. The highest BCUT2D eigenvalue weighted by Crippen LogP contribution is 2.21. The molecule has 0 aliphatic carbocycles. The number of nitrogens with one attached hydrogen (secondary N) is 1. The highest BCUT2D eigenvalue weighted by Gasteiger charge is 2.27. The van der Waals surface area contributed by atoms with Crippen molar-refractivity contribution < 1.29 is 9.53 Å². The zero-order chi connectivity index (χ0) is 21.6. The lowest BCUT2D eigenvalue weighted by Crippen LogP contribution is -2.47. The van der Waals surface area contributed by atoms with E-state index in [4.69, 9.17) is 4.74 Å². The monoisotopic (exact) mass is 423 g/mol. The molecule has 0 bridgehead atoms. The number of rotatable bonds is 5. The van der Waals surface area contributed by atoms with Crippen LogP contribution in [0.5, 0.6) is 0 Å². The van der Waals surface area contributed by atoms with E-state index < -0.39 is 5.60 Å². The minimum absolute atomic E-state index is 0.214. The summed E-state index contributed by atoms with van der Waals surface area (Å²) in [5.74, 6) is 1.41. The van der Waals surface area contributed by atoms with Crippen LogP contribution in [0, 0.1) is 19.8 Å². The van der Waals surface area contributed by atoms with Crippen LogP contribution in [0.25, 0.3) is 0 Å². The van der Waals surface area contributed by atoms with Crippen LogP contribution in [0.4, 0.5) is 4.79 Å². The molecule has 2 heterocycles. The molecule has 7 nitrogen and oxygen atoms in total. The van der Waals surface area contributed by atoms with Crippen molar-refractivity contribution in [1.29, 1.82) is 0 Å². The molecule has 1 saturated heterocycles. The summed E-state index contributed by atoms with van der Waals surface area (Å²) in [7, 11) is 1.83. The molecule has 164 valence electrons. The number of nitrogens with zero attached hydrogens (tertiary/aromatic N) is 4. The third kappa shape index (κ3) is 7.17. The molecule has 1 aliphatic heterocycles. The highest BCUT2D eigenvalue weighted by atomic mass is 32.1. The molecule has 1 fully saturated rings. The van der Waals surface area contributed by atoms with Crippen LogP contribution >= 0.6 is 11.3 Å². The molecular weight excluding hydrogens is 386 g/mol. The van der Waals surface area contributed by atoms with E-state index in [2.05, 4.69) is 27.1 Å². The Bertz CT molecular complexity index is 683. The first-order valence-corrected chi connectivity index (χ1v) is 11.3. The zero-order valence-corrected chi connectivity index (χ0v) is 19.9. The van der Waals surface area contributed by atoms with E-state index in [-0.39, 0.29) is 6.09 Å². The van der Waals surface area contributed by atoms with Crippen LogP contribution in [-0.4, -0.2) is 65.7 Å². The molecule has 0 aromatic carbocycles. The van der Waals surface area contributed by atoms with Crippen LogP contribution in [0.3, 0.4) is 0 Å². The SMILES string of the molecule is CCN(CC1CCN(C(=NC)NCc2nc(C)c(C)s2)CC1)C(=O)OC(C)(C)C. The van der Waals surface area contributed by atoms with Gasteiger partial charge in [0.05, 0.1) is 12.2 Å². The van der Waals surface area contributed by atoms with Crippen molar-refractivity contribution >= 4 is 23.4 Å². The zero-order valence-electron chi connectivity index (χ0n) is 19.0. The van der Waals surface area contributed by atoms with Gasteiger partial charge in [0.2, 0.25) is 0 Å². The number of aryl methyl sites for hydroxylation is 2. The number of ether oxygens (including phenoxy) is 1. The number of likely N-dealkylation sites (tertiary alicyclic amines) is 1. The Hall–Kier alpha value is -1.83. The van der Waals surface area contributed by atoms with Gasteiger partial charge in [-0.25, -0.2) is 9.78 Å². The first-order chi connectivity index (χ1) is 13.6. The fourth-order valence-corrected chi connectivity index (χ4v) is 4.27. The van der Waals surface area contributed by atoms with Crippen molar-refractivity contribution in [3.63, 3.8) is 0 Å². The summed E-state index contributed by atoms with van der Waals surface area (Å²) in [6.45, 7) is 15.9. The quantitative estimate of drug-likeness (QED) is 0.576. The van der Waals surface area contributed by atoms with Gasteiger partial charge in [-0.15, -0.1) is 11.3 Å². The van der Waals surface area contributed by atoms with Crippen LogP contribution in [0.15, 0.2) is 4.99 Å². The number of carbonyl (C=O) groups is 1. The molecule has 0 saturated carbocycles. The standard InChI is InChI=1S/C21H37N5O2S/c1-8-25(20(27)28-21(4,5)6)14-17-9-11-26(12-10-17)19(22-7)23-13-18-24-15(2)16(3)29-18/h17H,8-14H2,1-7H3,(H,22,23). The van der Waals surface area contributed by atoms with Crippen molar-refractivity contribution in [1.82, 2.24) is 20.1 Å². The van der Waals surface area contributed by atoms with Crippen molar-refractivity contribution in [3.8, 4) is 0 Å². The lowest BCUT2D eigenvalue weighted by molar-refractivity contribution is 0.0214. The molecule has 1 aromatic rings. The number of aromatic nitrogens is 1. The summed E-state index contributed by atoms with van der Waals surface area (Å²) in [4.78, 5) is 26.8. The average Bonchev–Trinajstić information content (AvgIpc) is 2.97. The van der Waals surface area contributed by atoms with Gasteiger partial charge in [-0.05, 0) is 60.3 Å². The lowest BCUT2D eigenvalue weighted by Gasteiger charge is -2.36. The van der Waals surface area contributed by atoms with E-state index in [1.54, 1.807) is 11.3 Å². The number of amides is 1. The molecule has 1 amide bonds. The maximum absolute atomic E-state index is 12.4. The Morgan fingerprint density at radius 3 is 2.48 bits per heavy atom. The lowest BCUT2D eigenvalue weighted by atomic mass is 9.96. The van der Waals surface area contributed by atoms with Crippen molar-refractivity contribution in [2.45, 2.75) is 66.5 Å². The summed E-state index contributed by atoms with van der Waals surface area (Å²) in [5.41, 5.74) is 0.647. The number of thiazole rings is 1. The maximum Gasteiger partial charge on any atom is 0.410 e. The van der Waals surface area contributed by atoms with Crippen molar-refractivity contribution in [2.75, 3.05) is 33.2 Å². The van der Waals surface area contributed by atoms with E-state index in [1.165, 1.54) is 4.88 Å². The van der Waals surface area contributed by atoms with E-state index in [9.17, 15) is 4.79 Å². The highest BCUT2D eigenvalue weighted by molar-refractivity contribution is 7.11. The number of hydrogen-bond donors (Lipinski definition) is 1. The first kappa shape index (κ1) is 23.4. The van der Waals surface area contributed by atoms with Crippen molar-refractivity contribution in [2.24, 2.45) is 10.9 Å². The Morgan fingerprint density at radius 1 is 1.34 bits per heavy atom. The van der Waals surface area contributed by atoms with Crippen LogP contribution in [0.2, 0.25) is 0 Å². The molecule has 0 radical (unpaired) electrons. The Kier molecular flexibility index (Phi) is 8.31. The van der Waals surface area contributed by atoms with E-state index in [1.807, 2.05) is 46.6 Å². The van der Waals surface area contributed by atoms with Gasteiger partial charge in [0.25, 0.3) is 0 Å². The summed E-state index contributed by atoms with van der Waals surface area (Å²) in [6.07, 6.45) is 1.86. The van der Waals surface area contributed by atoms with E-state index >= 15 is 0 Å². The van der Waals surface area contributed by atoms with Gasteiger partial charge in [0.15, 0.2) is 5.96 Å². The molecule has 0 spiro atoms. The molecule has 1 aromatic heterocycles. The maximum atomic E-state index is 12.4. The van der Waals surface area contributed by atoms with Gasteiger partial charge in [0.1, 0.15) is 10.6 Å². The number of aliphatic imine (C=N–C) groups is 1. The number of carbonyl (C=O) groups excluding carboxylic acids is 1. The van der Waals surface area contributed by atoms with Crippen LogP contribution < -0.4 is 5.32 Å². The minimum Gasteiger partial charge on any atom is -0.444 e. The molecule has 0 atom stereocenters. The molecule has 2 rings (SSSR count). The summed E-state index contributed by atoms with van der Waals surface area (Å²) >= 11 is 1.73. The normalized spacial score (nSPS) is 16.1. The molecular formula is C21H37N5O2S. The Balaban J connectivity index is 1.82. The second-order valence-electron chi connectivity index (χ2n) is 8.60. The molecule has 29 heavy (non-hydrogen) atoms. The van der Waals surface area contributed by atoms with Gasteiger partial charge in [-0.3, -0.25) is 4.99 Å². The summed E-state index contributed by atoms with van der Waals surface area (Å²) in [6, 6.07) is 0. The fourth-order valence-electron chi connectivity index (χ4n) is 3.40. The van der Waals surface area contributed by atoms with E-state index in [0.29, 0.717) is 19.0 Å².